The molecule has 154 valence electrons. The fraction of sp³-hybridized carbons (Fsp3) is 0.667. The third kappa shape index (κ3) is 7.29. The molecule has 1 aromatic rings. The Morgan fingerprint density at radius 1 is 1.04 bits per heavy atom. The molecule has 0 amide bonds. The number of rotatable bonds is 14. The molecule has 3 N–H and O–H groups in total. The Labute approximate surface area is 163 Å². The molecule has 0 radical (unpaired) electrons. The van der Waals surface area contributed by atoms with Gasteiger partial charge in [0.2, 0.25) is 0 Å². The van der Waals surface area contributed by atoms with Gasteiger partial charge in [-0.15, -0.1) is 0 Å². The van der Waals surface area contributed by atoms with Crippen molar-refractivity contribution in [3.63, 3.8) is 0 Å². The number of benzene rings is 1. The van der Waals surface area contributed by atoms with Crippen LogP contribution >= 0.6 is 0 Å². The largest absolute Gasteiger partial charge is 0.494 e. The molecule has 0 fully saturated rings. The van der Waals surface area contributed by atoms with Gasteiger partial charge in [0, 0.05) is 24.2 Å². The van der Waals surface area contributed by atoms with E-state index in [0.29, 0.717) is 26.2 Å². The summed E-state index contributed by atoms with van der Waals surface area (Å²) in [6.45, 7) is 9.78. The van der Waals surface area contributed by atoms with Gasteiger partial charge in [-0.3, -0.25) is 4.79 Å². The molecule has 0 aliphatic heterocycles. The first-order chi connectivity index (χ1) is 13.0. The van der Waals surface area contributed by atoms with Gasteiger partial charge in [-0.25, -0.2) is 0 Å². The Hall–Kier alpha value is -1.95. The Balaban J connectivity index is 3.02. The van der Waals surface area contributed by atoms with Gasteiger partial charge in [-0.2, -0.15) is 0 Å². The molecule has 1 rings (SSSR count). The quantitative estimate of drug-likeness (QED) is 0.508. The first-order valence-electron chi connectivity index (χ1n) is 9.98. The van der Waals surface area contributed by atoms with E-state index in [0.717, 1.165) is 42.1 Å². The van der Waals surface area contributed by atoms with E-state index in [2.05, 4.69) is 6.92 Å². The minimum Gasteiger partial charge on any atom is -0.494 e. The van der Waals surface area contributed by atoms with Crippen LogP contribution in [0.15, 0.2) is 12.1 Å². The summed E-state index contributed by atoms with van der Waals surface area (Å²) in [6, 6.07) is 3.82. The lowest BCUT2D eigenvalue weighted by molar-refractivity contribution is -0.142. The zero-order chi connectivity index (χ0) is 20.2. The van der Waals surface area contributed by atoms with E-state index in [1.807, 2.05) is 32.9 Å². The van der Waals surface area contributed by atoms with Crippen molar-refractivity contribution in [1.29, 1.82) is 0 Å². The van der Waals surface area contributed by atoms with Crippen molar-refractivity contribution in [2.45, 2.75) is 53.4 Å². The highest BCUT2D eigenvalue weighted by molar-refractivity contribution is 5.70. The van der Waals surface area contributed by atoms with Crippen LogP contribution in [0.5, 0.6) is 17.2 Å². The third-order valence-electron chi connectivity index (χ3n) is 4.68. The average molecular weight is 382 g/mol. The number of nitrogens with two attached hydrogens (primary N) is 1. The van der Waals surface area contributed by atoms with Crippen molar-refractivity contribution in [1.82, 2.24) is 0 Å². The van der Waals surface area contributed by atoms with Gasteiger partial charge in [0.15, 0.2) is 0 Å². The summed E-state index contributed by atoms with van der Waals surface area (Å²) >= 11 is 0. The predicted molar refractivity (Wildman–Crippen MR) is 107 cm³/mol. The zero-order valence-electron chi connectivity index (χ0n) is 17.1. The Morgan fingerprint density at radius 3 is 2.00 bits per heavy atom. The number of carbonyl (C=O) groups is 1. The SMILES string of the molecule is CCOc1cc(OCC)c(CCC(CC)CC(CN)C(=O)O)c(OCC)c1. The highest BCUT2D eigenvalue weighted by atomic mass is 16.5. The number of hydrogen-bond donors (Lipinski definition) is 2. The van der Waals surface area contributed by atoms with Crippen LogP contribution in [-0.2, 0) is 11.2 Å². The predicted octanol–water partition coefficient (Wildman–Crippen LogP) is 3.89. The maximum absolute atomic E-state index is 11.3. The highest BCUT2D eigenvalue weighted by Gasteiger charge is 2.22. The van der Waals surface area contributed by atoms with Gasteiger partial charge < -0.3 is 25.1 Å². The van der Waals surface area contributed by atoms with Gasteiger partial charge in [-0.05, 0) is 46.0 Å². The molecule has 1 aromatic carbocycles. The van der Waals surface area contributed by atoms with Crippen LogP contribution in [-0.4, -0.2) is 37.4 Å². The third-order valence-corrected chi connectivity index (χ3v) is 4.68. The minimum absolute atomic E-state index is 0.170. The number of ether oxygens (including phenoxy) is 3. The molecule has 0 aliphatic carbocycles. The molecule has 0 saturated carbocycles. The zero-order valence-corrected chi connectivity index (χ0v) is 17.1. The van der Waals surface area contributed by atoms with E-state index in [-0.39, 0.29) is 12.5 Å². The standard InChI is InChI=1S/C21H35NO5/c1-5-15(11-16(14-22)21(23)24)9-10-18-19(26-7-3)12-17(25-6-2)13-20(18)27-8-4/h12-13,15-16H,5-11,14,22H2,1-4H3,(H,23,24). The number of aliphatic carboxylic acids is 1. The molecule has 0 aliphatic rings. The minimum atomic E-state index is -0.818. The van der Waals surface area contributed by atoms with Gasteiger partial charge >= 0.3 is 5.97 Å². The molecule has 0 bridgehead atoms. The first kappa shape index (κ1) is 23.1. The van der Waals surface area contributed by atoms with E-state index in [4.69, 9.17) is 19.9 Å². The van der Waals surface area contributed by atoms with Crippen LogP contribution < -0.4 is 19.9 Å². The van der Waals surface area contributed by atoms with Crippen LogP contribution in [0, 0.1) is 11.8 Å². The number of carboxylic acids is 1. The summed E-state index contributed by atoms with van der Waals surface area (Å²) in [5.41, 5.74) is 6.64. The molecule has 0 aromatic heterocycles. The van der Waals surface area contributed by atoms with Crippen LogP contribution in [0.4, 0.5) is 0 Å². The molecule has 0 heterocycles. The van der Waals surface area contributed by atoms with Crippen molar-refractivity contribution < 1.29 is 24.1 Å². The summed E-state index contributed by atoms with van der Waals surface area (Å²) in [4.78, 5) is 11.3. The topological polar surface area (TPSA) is 91.0 Å². The number of hydrogen-bond acceptors (Lipinski definition) is 5. The number of carboxylic acid groups (broad SMARTS) is 1. The summed E-state index contributed by atoms with van der Waals surface area (Å²) in [6.07, 6.45) is 3.11. The van der Waals surface area contributed by atoms with Crippen LogP contribution in [0.2, 0.25) is 0 Å². The van der Waals surface area contributed by atoms with E-state index in [9.17, 15) is 9.90 Å². The van der Waals surface area contributed by atoms with Crippen LogP contribution in [0.1, 0.15) is 52.5 Å². The van der Waals surface area contributed by atoms with Gasteiger partial charge in [-0.1, -0.05) is 13.3 Å². The maximum Gasteiger partial charge on any atom is 0.307 e. The second-order valence-corrected chi connectivity index (χ2v) is 6.52. The van der Waals surface area contributed by atoms with Gasteiger partial charge in [0.1, 0.15) is 17.2 Å². The van der Waals surface area contributed by atoms with Gasteiger partial charge in [0.05, 0.1) is 25.7 Å². The molecule has 6 nitrogen and oxygen atoms in total. The van der Waals surface area contributed by atoms with E-state index >= 15 is 0 Å². The van der Waals surface area contributed by atoms with Gasteiger partial charge in [0.25, 0.3) is 0 Å². The summed E-state index contributed by atoms with van der Waals surface area (Å²) in [5, 5.41) is 9.28. The first-order valence-corrected chi connectivity index (χ1v) is 9.98. The smallest absolute Gasteiger partial charge is 0.307 e. The Morgan fingerprint density at radius 2 is 1.59 bits per heavy atom. The second kappa shape index (κ2) is 12.4. The molecule has 6 heteroatoms. The summed E-state index contributed by atoms with van der Waals surface area (Å²) in [5.74, 6) is 1.25. The van der Waals surface area contributed by atoms with Crippen molar-refractivity contribution >= 4 is 5.97 Å². The van der Waals surface area contributed by atoms with E-state index < -0.39 is 11.9 Å². The highest BCUT2D eigenvalue weighted by Crippen LogP contribution is 2.37. The molecule has 27 heavy (non-hydrogen) atoms. The average Bonchev–Trinajstić information content (AvgIpc) is 2.64. The van der Waals surface area contributed by atoms with Crippen LogP contribution in [0.25, 0.3) is 0 Å². The molecular weight excluding hydrogens is 346 g/mol. The molecular formula is C21H35NO5. The molecule has 0 spiro atoms. The van der Waals surface area contributed by atoms with Crippen molar-refractivity contribution in [2.24, 2.45) is 17.6 Å². The van der Waals surface area contributed by atoms with Crippen molar-refractivity contribution in [3.05, 3.63) is 17.7 Å². The maximum atomic E-state index is 11.3. The Kier molecular flexibility index (Phi) is 10.6. The van der Waals surface area contributed by atoms with E-state index in [1.54, 1.807) is 0 Å². The fourth-order valence-corrected chi connectivity index (χ4v) is 3.20. The lowest BCUT2D eigenvalue weighted by Crippen LogP contribution is -2.26. The van der Waals surface area contributed by atoms with Crippen molar-refractivity contribution in [3.8, 4) is 17.2 Å². The normalized spacial score (nSPS) is 13.1. The summed E-state index contributed by atoms with van der Waals surface area (Å²) in [7, 11) is 0. The monoisotopic (exact) mass is 381 g/mol. The lowest BCUT2D eigenvalue weighted by Gasteiger charge is -2.21. The molecule has 0 saturated heterocycles. The molecule has 2 unspecified atom stereocenters. The fourth-order valence-electron chi connectivity index (χ4n) is 3.20. The lowest BCUT2D eigenvalue weighted by atomic mass is 9.87. The summed E-state index contributed by atoms with van der Waals surface area (Å²) < 4.78 is 17.3. The van der Waals surface area contributed by atoms with Crippen molar-refractivity contribution in [2.75, 3.05) is 26.4 Å². The van der Waals surface area contributed by atoms with Crippen LogP contribution in [0.3, 0.4) is 0 Å². The van der Waals surface area contributed by atoms with E-state index in [1.165, 1.54) is 0 Å². The molecule has 2 atom stereocenters. The second-order valence-electron chi connectivity index (χ2n) is 6.52. The Bertz CT molecular complexity index is 549.